The van der Waals surface area contributed by atoms with Crippen LogP contribution in [0.3, 0.4) is 0 Å². The van der Waals surface area contributed by atoms with Gasteiger partial charge in [-0.25, -0.2) is 9.97 Å². The summed E-state index contributed by atoms with van der Waals surface area (Å²) in [6.07, 6.45) is 8.72. The van der Waals surface area contributed by atoms with Crippen LogP contribution in [0.15, 0.2) is 6.20 Å². The molecule has 0 unspecified atom stereocenters. The molecule has 1 aliphatic carbocycles. The number of hydrogen-bond donors (Lipinski definition) is 2. The van der Waals surface area contributed by atoms with Crippen LogP contribution in [0.4, 0.5) is 5.82 Å². The highest BCUT2D eigenvalue weighted by molar-refractivity contribution is 5.77. The van der Waals surface area contributed by atoms with Gasteiger partial charge in [-0.3, -0.25) is 0 Å². The molecule has 0 atom stereocenters. The van der Waals surface area contributed by atoms with Gasteiger partial charge in [0, 0.05) is 24.0 Å². The molecule has 124 valence electrons. The van der Waals surface area contributed by atoms with Crippen LogP contribution in [0.1, 0.15) is 48.3 Å². The number of nitrogens with zero attached hydrogens (tertiary/aromatic N) is 3. The summed E-state index contributed by atoms with van der Waals surface area (Å²) in [6.45, 7) is 1.10. The molecule has 0 amide bonds. The molecule has 2 aliphatic rings. The van der Waals surface area contributed by atoms with Crippen molar-refractivity contribution in [3.05, 3.63) is 28.8 Å². The summed E-state index contributed by atoms with van der Waals surface area (Å²) in [5, 5.41) is 9.55. The number of aromatic nitrogens is 3. The molecule has 3 heterocycles. The van der Waals surface area contributed by atoms with E-state index in [1.54, 1.807) is 0 Å². The first kappa shape index (κ1) is 15.2. The normalized spacial score (nSPS) is 17.6. The van der Waals surface area contributed by atoms with Crippen molar-refractivity contribution in [2.24, 2.45) is 5.92 Å². The Hall–Kier alpha value is -2.39. The Morgan fingerprint density at radius 3 is 3.00 bits per heavy atom. The van der Waals surface area contributed by atoms with Gasteiger partial charge >= 0.3 is 0 Å². The van der Waals surface area contributed by atoms with E-state index in [4.69, 9.17) is 10.5 Å². The molecule has 1 aliphatic heterocycles. The minimum Gasteiger partial charge on any atom is -0.383 e. The molecular formula is C18H21N5O. The van der Waals surface area contributed by atoms with Gasteiger partial charge in [0.05, 0.1) is 30.8 Å². The van der Waals surface area contributed by atoms with E-state index in [-0.39, 0.29) is 0 Å². The predicted molar refractivity (Wildman–Crippen MR) is 90.0 cm³/mol. The summed E-state index contributed by atoms with van der Waals surface area (Å²) >= 11 is 0. The topological polar surface area (TPSA) is 101 Å². The van der Waals surface area contributed by atoms with Gasteiger partial charge in [-0.15, -0.1) is 0 Å². The van der Waals surface area contributed by atoms with Crippen molar-refractivity contribution in [3.63, 3.8) is 0 Å². The number of hydrogen-bond acceptors (Lipinski definition) is 5. The summed E-state index contributed by atoms with van der Waals surface area (Å²) in [4.78, 5) is 12.4. The summed E-state index contributed by atoms with van der Waals surface area (Å²) in [5.41, 5.74) is 9.98. The van der Waals surface area contributed by atoms with Crippen LogP contribution in [0.25, 0.3) is 11.3 Å². The van der Waals surface area contributed by atoms with Crippen LogP contribution in [-0.4, -0.2) is 21.6 Å². The van der Waals surface area contributed by atoms with Crippen molar-refractivity contribution >= 4 is 5.82 Å². The van der Waals surface area contributed by atoms with Crippen LogP contribution in [-0.2, 0) is 24.2 Å². The molecule has 0 bridgehead atoms. The summed E-state index contributed by atoms with van der Waals surface area (Å²) in [7, 11) is 0. The van der Waals surface area contributed by atoms with Crippen molar-refractivity contribution in [2.75, 3.05) is 12.3 Å². The Kier molecular flexibility index (Phi) is 3.95. The van der Waals surface area contributed by atoms with Gasteiger partial charge in [-0.05, 0) is 5.92 Å². The highest BCUT2D eigenvalue weighted by atomic mass is 16.5. The van der Waals surface area contributed by atoms with Gasteiger partial charge in [-0.2, -0.15) is 5.26 Å². The second kappa shape index (κ2) is 6.25. The molecule has 3 N–H and O–H groups in total. The van der Waals surface area contributed by atoms with Crippen molar-refractivity contribution in [1.29, 1.82) is 5.26 Å². The molecule has 4 rings (SSSR count). The average molecular weight is 323 g/mol. The van der Waals surface area contributed by atoms with Crippen molar-refractivity contribution in [2.45, 2.75) is 45.1 Å². The number of aromatic amines is 1. The molecule has 0 radical (unpaired) electrons. The molecule has 0 saturated heterocycles. The third-order valence-electron chi connectivity index (χ3n) is 5.11. The number of nitrogen functional groups attached to an aromatic ring is 1. The van der Waals surface area contributed by atoms with Crippen LogP contribution >= 0.6 is 0 Å². The van der Waals surface area contributed by atoms with Gasteiger partial charge in [0.1, 0.15) is 23.3 Å². The number of ether oxygens (including phenoxy) is 1. The Labute approximate surface area is 141 Å². The van der Waals surface area contributed by atoms with E-state index in [9.17, 15) is 5.26 Å². The fourth-order valence-electron chi connectivity index (χ4n) is 3.89. The molecule has 2 aromatic rings. The van der Waals surface area contributed by atoms with Crippen LogP contribution in [0.5, 0.6) is 0 Å². The smallest absolute Gasteiger partial charge is 0.142 e. The molecule has 0 spiro atoms. The lowest BCUT2D eigenvalue weighted by molar-refractivity contribution is 0.109. The lowest BCUT2D eigenvalue weighted by atomic mass is 9.96. The molecule has 6 heteroatoms. The number of pyridine rings is 1. The lowest BCUT2D eigenvalue weighted by Crippen LogP contribution is -2.16. The fourth-order valence-corrected chi connectivity index (χ4v) is 3.89. The molecular weight excluding hydrogens is 302 g/mol. The van der Waals surface area contributed by atoms with E-state index in [1.165, 1.54) is 25.7 Å². The largest absolute Gasteiger partial charge is 0.383 e. The quantitative estimate of drug-likeness (QED) is 0.904. The standard InChI is InChI=1S/C18H21N5O/c19-8-12-17(13-10-24-6-5-14(13)23-18(12)20)15-9-21-16(22-15)7-11-3-1-2-4-11/h9,11H,1-7,10H2,(H2,20,23)(H,21,22). The Bertz CT molecular complexity index is 798. The van der Waals surface area contributed by atoms with E-state index in [1.807, 2.05) is 6.20 Å². The fraction of sp³-hybridized carbons (Fsp3) is 0.500. The first-order chi connectivity index (χ1) is 11.8. The van der Waals surface area contributed by atoms with E-state index >= 15 is 0 Å². The second-order valence-electron chi connectivity index (χ2n) is 6.68. The van der Waals surface area contributed by atoms with E-state index in [2.05, 4.69) is 21.0 Å². The number of fused-ring (bicyclic) bond motifs is 1. The van der Waals surface area contributed by atoms with E-state index in [0.717, 1.165) is 47.1 Å². The van der Waals surface area contributed by atoms with Crippen molar-refractivity contribution in [1.82, 2.24) is 15.0 Å². The zero-order valence-corrected chi connectivity index (χ0v) is 13.6. The van der Waals surface area contributed by atoms with Gasteiger partial charge in [-0.1, -0.05) is 25.7 Å². The number of H-pyrrole nitrogens is 1. The maximum atomic E-state index is 9.55. The molecule has 2 aromatic heterocycles. The number of imidazole rings is 1. The molecule has 1 fully saturated rings. The van der Waals surface area contributed by atoms with Gasteiger partial charge in [0.2, 0.25) is 0 Å². The number of nitrogens with two attached hydrogens (primary N) is 1. The summed E-state index contributed by atoms with van der Waals surface area (Å²) < 4.78 is 5.59. The Balaban J connectivity index is 1.74. The average Bonchev–Trinajstić information content (AvgIpc) is 3.26. The zero-order chi connectivity index (χ0) is 16.5. The van der Waals surface area contributed by atoms with Gasteiger partial charge < -0.3 is 15.5 Å². The first-order valence-electron chi connectivity index (χ1n) is 8.59. The third kappa shape index (κ3) is 2.65. The minimum absolute atomic E-state index is 0.292. The second-order valence-corrected chi connectivity index (χ2v) is 6.68. The highest BCUT2D eigenvalue weighted by Gasteiger charge is 2.24. The molecule has 1 saturated carbocycles. The summed E-state index contributed by atoms with van der Waals surface area (Å²) in [5.74, 6) is 2.00. The van der Waals surface area contributed by atoms with Gasteiger partial charge in [0.15, 0.2) is 0 Å². The number of nitriles is 1. The number of nitrogens with one attached hydrogen (secondary N) is 1. The van der Waals surface area contributed by atoms with E-state index < -0.39 is 0 Å². The minimum atomic E-state index is 0.292. The first-order valence-corrected chi connectivity index (χ1v) is 8.59. The third-order valence-corrected chi connectivity index (χ3v) is 5.11. The van der Waals surface area contributed by atoms with Crippen LogP contribution < -0.4 is 5.73 Å². The zero-order valence-electron chi connectivity index (χ0n) is 13.6. The predicted octanol–water partition coefficient (Wildman–Crippen LogP) is 2.73. The molecule has 24 heavy (non-hydrogen) atoms. The highest BCUT2D eigenvalue weighted by Crippen LogP contribution is 2.34. The van der Waals surface area contributed by atoms with Crippen LogP contribution in [0.2, 0.25) is 0 Å². The van der Waals surface area contributed by atoms with Crippen LogP contribution in [0, 0.1) is 17.2 Å². The van der Waals surface area contributed by atoms with Crippen molar-refractivity contribution in [3.8, 4) is 17.3 Å². The Morgan fingerprint density at radius 2 is 2.21 bits per heavy atom. The monoisotopic (exact) mass is 323 g/mol. The molecule has 6 nitrogen and oxygen atoms in total. The maximum absolute atomic E-state index is 9.55. The van der Waals surface area contributed by atoms with Crippen molar-refractivity contribution < 1.29 is 4.74 Å². The maximum Gasteiger partial charge on any atom is 0.142 e. The molecule has 0 aromatic carbocycles. The Morgan fingerprint density at radius 1 is 1.38 bits per heavy atom. The lowest BCUT2D eigenvalue weighted by Gasteiger charge is -2.20. The number of anilines is 1. The number of rotatable bonds is 3. The van der Waals surface area contributed by atoms with E-state index in [0.29, 0.717) is 24.6 Å². The SMILES string of the molecule is N#Cc1c(N)nc2c(c1-c1cnc(CC3CCCC3)[nH]1)COCC2. The van der Waals surface area contributed by atoms with Gasteiger partial charge in [0.25, 0.3) is 0 Å². The summed E-state index contributed by atoms with van der Waals surface area (Å²) in [6, 6.07) is 2.20.